The summed E-state index contributed by atoms with van der Waals surface area (Å²) in [6.45, 7) is 2.26. The lowest BCUT2D eigenvalue weighted by atomic mass is 9.98. The number of hydrogen-bond acceptors (Lipinski definition) is 4. The van der Waals surface area contributed by atoms with Gasteiger partial charge in [0.1, 0.15) is 7.05 Å². The Balaban J connectivity index is 0.00000180. The third-order valence-corrected chi connectivity index (χ3v) is 5.34. The molecule has 5 nitrogen and oxygen atoms in total. The number of rotatable bonds is 1. The van der Waals surface area contributed by atoms with E-state index in [4.69, 9.17) is 14.2 Å². The van der Waals surface area contributed by atoms with Gasteiger partial charge in [-0.2, -0.15) is 4.57 Å². The minimum atomic E-state index is 0. The molecule has 0 radical (unpaired) electrons. The molecule has 2 heterocycles. The first kappa shape index (κ1) is 17.5. The molecule has 4 aromatic rings. The van der Waals surface area contributed by atoms with Crippen LogP contribution in [0.2, 0.25) is 0 Å². The van der Waals surface area contributed by atoms with Gasteiger partial charge in [-0.25, -0.2) is 0 Å². The predicted octanol–water partition coefficient (Wildman–Crippen LogP) is 0.726. The zero-order valence-electron chi connectivity index (χ0n) is 15.2. The van der Waals surface area contributed by atoms with E-state index < -0.39 is 0 Å². The van der Waals surface area contributed by atoms with Crippen LogP contribution in [0.15, 0.2) is 36.4 Å². The van der Waals surface area contributed by atoms with E-state index in [1.54, 1.807) is 13.2 Å². The zero-order valence-corrected chi connectivity index (χ0v) is 15.9. The summed E-state index contributed by atoms with van der Waals surface area (Å²) in [6, 6.07) is 12.0. The van der Waals surface area contributed by atoms with Gasteiger partial charge in [-0.3, -0.25) is 0 Å². The van der Waals surface area contributed by atoms with Crippen molar-refractivity contribution >= 4 is 32.4 Å². The molecule has 3 aromatic carbocycles. The van der Waals surface area contributed by atoms with Crippen molar-refractivity contribution in [2.45, 2.75) is 6.92 Å². The van der Waals surface area contributed by atoms with E-state index >= 15 is 0 Å². The molecule has 0 fully saturated rings. The number of phenolic OH excluding ortho intramolecular Hbond substituents is 1. The fourth-order valence-corrected chi connectivity index (χ4v) is 3.94. The van der Waals surface area contributed by atoms with Gasteiger partial charge in [0, 0.05) is 12.3 Å². The first-order chi connectivity index (χ1) is 12.6. The SMILES string of the molecule is COc1ccc2c(c1O)c(C)[n+](C)c1c3cc4c(cc3ccc21)OCO4.[Cl-]. The molecule has 0 saturated heterocycles. The monoisotopic (exact) mass is 383 g/mol. The number of aryl methyl sites for hydroxylation is 2. The van der Waals surface area contributed by atoms with Gasteiger partial charge in [0.25, 0.3) is 0 Å². The van der Waals surface area contributed by atoms with E-state index in [-0.39, 0.29) is 24.9 Å². The highest BCUT2D eigenvalue weighted by Crippen LogP contribution is 2.42. The summed E-state index contributed by atoms with van der Waals surface area (Å²) in [6.07, 6.45) is 0. The summed E-state index contributed by atoms with van der Waals surface area (Å²) in [5.74, 6) is 2.19. The Labute approximate surface area is 162 Å². The molecular formula is C21H18ClNO4. The summed E-state index contributed by atoms with van der Waals surface area (Å²) in [5, 5.41) is 15.7. The van der Waals surface area contributed by atoms with Gasteiger partial charge < -0.3 is 31.7 Å². The number of phenols is 1. The summed E-state index contributed by atoms with van der Waals surface area (Å²) >= 11 is 0. The maximum Gasteiger partial charge on any atom is 0.231 e. The number of benzene rings is 3. The molecule has 0 unspecified atom stereocenters. The van der Waals surface area contributed by atoms with Gasteiger partial charge in [-0.1, -0.05) is 6.07 Å². The Morgan fingerprint density at radius 1 is 1.00 bits per heavy atom. The maximum atomic E-state index is 10.7. The number of halogens is 1. The van der Waals surface area contributed by atoms with E-state index in [1.807, 2.05) is 32.2 Å². The number of pyridine rings is 1. The lowest BCUT2D eigenvalue weighted by molar-refractivity contribution is -0.649. The van der Waals surface area contributed by atoms with Crippen LogP contribution in [0, 0.1) is 6.92 Å². The number of nitrogens with zero attached hydrogens (tertiary/aromatic N) is 1. The van der Waals surface area contributed by atoms with Crippen molar-refractivity contribution in [1.29, 1.82) is 0 Å². The number of ether oxygens (including phenoxy) is 3. The highest BCUT2D eigenvalue weighted by atomic mass is 35.5. The van der Waals surface area contributed by atoms with E-state index in [0.29, 0.717) is 5.75 Å². The second kappa shape index (κ2) is 6.06. The number of hydrogen-bond donors (Lipinski definition) is 1. The molecular weight excluding hydrogens is 366 g/mol. The highest BCUT2D eigenvalue weighted by molar-refractivity contribution is 6.15. The van der Waals surface area contributed by atoms with Gasteiger partial charge in [-0.15, -0.1) is 0 Å². The first-order valence-electron chi connectivity index (χ1n) is 8.44. The number of aromatic hydroxyl groups is 1. The molecule has 0 bridgehead atoms. The molecule has 27 heavy (non-hydrogen) atoms. The summed E-state index contributed by atoms with van der Waals surface area (Å²) in [4.78, 5) is 0. The van der Waals surface area contributed by atoms with Crippen LogP contribution in [0.1, 0.15) is 5.69 Å². The largest absolute Gasteiger partial charge is 1.00 e. The molecule has 138 valence electrons. The molecule has 1 aliphatic rings. The number of aromatic nitrogens is 1. The van der Waals surface area contributed by atoms with Gasteiger partial charge >= 0.3 is 0 Å². The third kappa shape index (κ3) is 2.28. The number of methoxy groups -OCH3 is 1. The van der Waals surface area contributed by atoms with Crippen LogP contribution in [-0.2, 0) is 7.05 Å². The van der Waals surface area contributed by atoms with Crippen LogP contribution in [-0.4, -0.2) is 19.0 Å². The molecule has 1 N–H and O–H groups in total. The van der Waals surface area contributed by atoms with Crippen molar-refractivity contribution in [2.24, 2.45) is 7.05 Å². The van der Waals surface area contributed by atoms with Crippen molar-refractivity contribution in [2.75, 3.05) is 13.9 Å². The molecule has 1 aromatic heterocycles. The Morgan fingerprint density at radius 2 is 1.70 bits per heavy atom. The lowest BCUT2D eigenvalue weighted by Gasteiger charge is -2.12. The molecule has 0 atom stereocenters. The Morgan fingerprint density at radius 3 is 2.44 bits per heavy atom. The molecule has 5 rings (SSSR count). The van der Waals surface area contributed by atoms with Crippen molar-refractivity contribution in [1.82, 2.24) is 0 Å². The standard InChI is InChI=1S/C21H17NO4.ClH/c1-11-19-13(6-7-16(24-3)21(19)23)14-5-4-12-8-17-18(26-10-25-17)9-15(12)20(14)22(11)2;/h4-9H,10H2,1-3H3;1H. The molecule has 6 heteroatoms. The van der Waals surface area contributed by atoms with Gasteiger partial charge in [0.2, 0.25) is 12.3 Å². The van der Waals surface area contributed by atoms with E-state index in [9.17, 15) is 5.11 Å². The summed E-state index contributed by atoms with van der Waals surface area (Å²) < 4.78 is 18.5. The van der Waals surface area contributed by atoms with Crippen LogP contribution in [0.5, 0.6) is 23.0 Å². The normalized spacial score (nSPS) is 12.6. The van der Waals surface area contributed by atoms with Crippen LogP contribution in [0.25, 0.3) is 32.4 Å². The third-order valence-electron chi connectivity index (χ3n) is 5.34. The molecule has 0 amide bonds. The summed E-state index contributed by atoms with van der Waals surface area (Å²) in [5.41, 5.74) is 2.06. The topological polar surface area (TPSA) is 51.8 Å². The second-order valence-electron chi connectivity index (χ2n) is 6.57. The zero-order chi connectivity index (χ0) is 18.0. The van der Waals surface area contributed by atoms with Crippen molar-refractivity contribution in [3.8, 4) is 23.0 Å². The van der Waals surface area contributed by atoms with E-state index in [2.05, 4.69) is 16.7 Å². The average molecular weight is 384 g/mol. The molecule has 1 aliphatic heterocycles. The maximum absolute atomic E-state index is 10.7. The lowest BCUT2D eigenvalue weighted by Crippen LogP contribution is -3.00. The fraction of sp³-hybridized carbons (Fsp3) is 0.190. The van der Waals surface area contributed by atoms with Crippen molar-refractivity contribution in [3.05, 3.63) is 42.1 Å². The van der Waals surface area contributed by atoms with Gasteiger partial charge in [0.05, 0.1) is 23.3 Å². The average Bonchev–Trinajstić information content (AvgIpc) is 3.10. The second-order valence-corrected chi connectivity index (χ2v) is 6.57. The molecule has 0 spiro atoms. The Hall–Kier alpha value is -2.92. The molecule has 0 aliphatic carbocycles. The Kier molecular flexibility index (Phi) is 3.93. The highest BCUT2D eigenvalue weighted by Gasteiger charge is 2.24. The summed E-state index contributed by atoms with van der Waals surface area (Å²) in [7, 11) is 3.58. The minimum absolute atomic E-state index is 0. The predicted molar refractivity (Wildman–Crippen MR) is 99.2 cm³/mol. The van der Waals surface area contributed by atoms with Crippen molar-refractivity contribution < 1.29 is 36.3 Å². The number of fused-ring (bicyclic) bond motifs is 6. The van der Waals surface area contributed by atoms with Gasteiger partial charge in [0.15, 0.2) is 28.7 Å². The van der Waals surface area contributed by atoms with E-state index in [0.717, 1.165) is 49.6 Å². The van der Waals surface area contributed by atoms with Crippen LogP contribution < -0.4 is 31.2 Å². The van der Waals surface area contributed by atoms with Crippen LogP contribution in [0.4, 0.5) is 0 Å². The fourth-order valence-electron chi connectivity index (χ4n) is 3.94. The van der Waals surface area contributed by atoms with E-state index in [1.165, 1.54) is 0 Å². The minimum Gasteiger partial charge on any atom is -1.00 e. The quantitative estimate of drug-likeness (QED) is 0.389. The Bertz CT molecular complexity index is 1240. The van der Waals surface area contributed by atoms with Gasteiger partial charge in [-0.05, 0) is 35.7 Å². The first-order valence-corrected chi connectivity index (χ1v) is 8.44. The molecule has 0 saturated carbocycles. The smallest absolute Gasteiger partial charge is 0.231 e. The van der Waals surface area contributed by atoms with Crippen molar-refractivity contribution in [3.63, 3.8) is 0 Å². The van der Waals surface area contributed by atoms with Crippen LogP contribution in [0.3, 0.4) is 0 Å². The van der Waals surface area contributed by atoms with Crippen LogP contribution >= 0.6 is 0 Å².